The van der Waals surface area contributed by atoms with Crippen LogP contribution in [0.5, 0.6) is 5.75 Å². The van der Waals surface area contributed by atoms with Crippen LogP contribution >= 0.6 is 0 Å². The van der Waals surface area contributed by atoms with Gasteiger partial charge >= 0.3 is 11.8 Å². The van der Waals surface area contributed by atoms with Gasteiger partial charge in [0.2, 0.25) is 10.0 Å². The number of sulfonamides is 1. The number of methoxy groups -OCH3 is 1. The molecule has 214 valence electrons. The van der Waals surface area contributed by atoms with Gasteiger partial charge < -0.3 is 19.8 Å². The van der Waals surface area contributed by atoms with Crippen molar-refractivity contribution in [2.45, 2.75) is 24.3 Å². The molecule has 0 bridgehead atoms. The predicted octanol–water partition coefficient (Wildman–Crippen LogP) is 2.47. The average Bonchev–Trinajstić information content (AvgIpc) is 3.43. The Hall–Kier alpha value is -3.88. The number of hydrogen-bond acceptors (Lipinski definition) is 8. The Morgan fingerprint density at radius 1 is 1.07 bits per heavy atom. The summed E-state index contributed by atoms with van der Waals surface area (Å²) in [7, 11) is -2.89. The first kappa shape index (κ1) is 29.1. The summed E-state index contributed by atoms with van der Waals surface area (Å²) in [5, 5.41) is 5.23. The number of benzene rings is 2. The second-order valence-corrected chi connectivity index (χ2v) is 11.7. The van der Waals surface area contributed by atoms with E-state index in [-0.39, 0.29) is 26.2 Å². The summed E-state index contributed by atoms with van der Waals surface area (Å²) in [6.07, 6.45) is 2.80. The SMILES string of the molecule is COc1cc(NC(=O)C(=O)NC(C)(C)CN2CCN(S(=O)(=O)c3c(F)cccc3F)CC2)ccc1-c1cnco1. The lowest BCUT2D eigenvalue weighted by molar-refractivity contribution is -0.137. The van der Waals surface area contributed by atoms with E-state index < -0.39 is 43.9 Å². The summed E-state index contributed by atoms with van der Waals surface area (Å²) in [6.45, 7) is 4.29. The number of anilines is 1. The van der Waals surface area contributed by atoms with E-state index in [0.717, 1.165) is 22.5 Å². The fourth-order valence-corrected chi connectivity index (χ4v) is 5.99. The van der Waals surface area contributed by atoms with E-state index in [2.05, 4.69) is 15.6 Å². The van der Waals surface area contributed by atoms with Gasteiger partial charge in [-0.25, -0.2) is 22.2 Å². The number of amides is 2. The van der Waals surface area contributed by atoms with Crippen molar-refractivity contribution in [3.05, 3.63) is 60.6 Å². The van der Waals surface area contributed by atoms with Crippen LogP contribution < -0.4 is 15.4 Å². The monoisotopic (exact) mass is 577 g/mol. The molecule has 1 aliphatic heterocycles. The van der Waals surface area contributed by atoms with Crippen molar-refractivity contribution < 1.29 is 35.9 Å². The smallest absolute Gasteiger partial charge is 0.313 e. The standard InChI is InChI=1S/C26H29F2N5O6S/c1-26(2,15-32-9-11-33(12-10-32)40(36,37)23-19(27)5-4-6-20(23)28)31-25(35)24(34)30-17-7-8-18(21(13-17)38-3)22-14-29-16-39-22/h4-8,13-14,16H,9-12,15H2,1-3H3,(H,30,34)(H,31,35). The average molecular weight is 578 g/mol. The van der Waals surface area contributed by atoms with Gasteiger partial charge in [-0.3, -0.25) is 14.5 Å². The number of carbonyl (C=O) groups excluding carboxylic acids is 2. The molecule has 14 heteroatoms. The lowest BCUT2D eigenvalue weighted by Crippen LogP contribution is -2.57. The van der Waals surface area contributed by atoms with E-state index in [1.54, 1.807) is 32.0 Å². The Morgan fingerprint density at radius 2 is 1.75 bits per heavy atom. The third kappa shape index (κ3) is 6.46. The summed E-state index contributed by atoms with van der Waals surface area (Å²) < 4.78 is 65.5. The quantitative estimate of drug-likeness (QED) is 0.390. The number of rotatable bonds is 8. The van der Waals surface area contributed by atoms with Gasteiger partial charge in [0.15, 0.2) is 17.0 Å². The third-order valence-corrected chi connectivity index (χ3v) is 8.23. The molecular weight excluding hydrogens is 548 g/mol. The molecule has 0 atom stereocenters. The maximum absolute atomic E-state index is 14.1. The highest BCUT2D eigenvalue weighted by Crippen LogP contribution is 2.32. The fourth-order valence-electron chi connectivity index (χ4n) is 4.46. The van der Waals surface area contributed by atoms with Gasteiger partial charge in [0, 0.05) is 50.0 Å². The van der Waals surface area contributed by atoms with Gasteiger partial charge in [0.05, 0.1) is 18.9 Å². The zero-order valence-electron chi connectivity index (χ0n) is 22.1. The number of piperazine rings is 1. The van der Waals surface area contributed by atoms with Crippen LogP contribution in [0, 0.1) is 11.6 Å². The van der Waals surface area contributed by atoms with Crippen molar-refractivity contribution in [2.24, 2.45) is 0 Å². The van der Waals surface area contributed by atoms with Crippen LogP contribution in [-0.4, -0.2) is 79.8 Å². The molecule has 3 aromatic rings. The molecule has 0 aliphatic carbocycles. The van der Waals surface area contributed by atoms with Crippen LogP contribution in [0.4, 0.5) is 14.5 Å². The first-order valence-corrected chi connectivity index (χ1v) is 13.7. The summed E-state index contributed by atoms with van der Waals surface area (Å²) >= 11 is 0. The van der Waals surface area contributed by atoms with Gasteiger partial charge in [-0.05, 0) is 38.1 Å². The molecule has 2 heterocycles. The van der Waals surface area contributed by atoms with Crippen LogP contribution in [0.1, 0.15) is 13.8 Å². The summed E-state index contributed by atoms with van der Waals surface area (Å²) in [6, 6.07) is 7.71. The molecule has 4 rings (SSSR count). The topological polar surface area (TPSA) is 134 Å². The minimum atomic E-state index is -4.35. The summed E-state index contributed by atoms with van der Waals surface area (Å²) in [5.74, 6) is -3.14. The number of aromatic nitrogens is 1. The van der Waals surface area contributed by atoms with Gasteiger partial charge in [-0.15, -0.1) is 0 Å². The second-order valence-electron chi connectivity index (χ2n) is 9.80. The number of hydrogen-bond donors (Lipinski definition) is 2. The van der Waals surface area contributed by atoms with Gasteiger partial charge in [0.25, 0.3) is 0 Å². The highest BCUT2D eigenvalue weighted by atomic mass is 32.2. The molecule has 40 heavy (non-hydrogen) atoms. The van der Waals surface area contributed by atoms with Gasteiger partial charge in [-0.1, -0.05) is 6.07 Å². The Labute approximate surface area is 230 Å². The summed E-state index contributed by atoms with van der Waals surface area (Å²) in [5.41, 5.74) is 0.0956. The van der Waals surface area contributed by atoms with E-state index in [0.29, 0.717) is 29.3 Å². The predicted molar refractivity (Wildman–Crippen MR) is 141 cm³/mol. The van der Waals surface area contributed by atoms with Gasteiger partial charge in [0.1, 0.15) is 17.4 Å². The van der Waals surface area contributed by atoms with Crippen molar-refractivity contribution >= 4 is 27.5 Å². The fraction of sp³-hybridized carbons (Fsp3) is 0.346. The Morgan fingerprint density at radius 3 is 2.35 bits per heavy atom. The van der Waals surface area contributed by atoms with Crippen molar-refractivity contribution in [3.8, 4) is 17.1 Å². The van der Waals surface area contributed by atoms with Crippen LogP contribution in [-0.2, 0) is 19.6 Å². The highest BCUT2D eigenvalue weighted by molar-refractivity contribution is 7.89. The third-order valence-electron chi connectivity index (χ3n) is 6.28. The molecule has 1 saturated heterocycles. The lowest BCUT2D eigenvalue weighted by Gasteiger charge is -2.38. The number of nitrogens with one attached hydrogen (secondary N) is 2. The lowest BCUT2D eigenvalue weighted by atomic mass is 10.0. The van der Waals surface area contributed by atoms with Crippen molar-refractivity contribution in [1.82, 2.24) is 19.5 Å². The molecular formula is C26H29F2N5O6S. The van der Waals surface area contributed by atoms with E-state index in [9.17, 15) is 26.8 Å². The van der Waals surface area contributed by atoms with Crippen molar-refractivity contribution in [1.29, 1.82) is 0 Å². The minimum Gasteiger partial charge on any atom is -0.496 e. The Kier molecular flexibility index (Phi) is 8.51. The normalized spacial score (nSPS) is 15.0. The molecule has 2 N–H and O–H groups in total. The second kappa shape index (κ2) is 11.7. The highest BCUT2D eigenvalue weighted by Gasteiger charge is 2.35. The molecule has 0 saturated carbocycles. The first-order valence-electron chi connectivity index (χ1n) is 12.3. The maximum Gasteiger partial charge on any atom is 0.313 e. The van der Waals surface area contributed by atoms with Crippen LogP contribution in [0.3, 0.4) is 0 Å². The van der Waals surface area contributed by atoms with E-state index in [4.69, 9.17) is 9.15 Å². The van der Waals surface area contributed by atoms with Crippen molar-refractivity contribution in [2.75, 3.05) is 45.2 Å². The molecule has 0 spiro atoms. The first-order chi connectivity index (χ1) is 18.9. The largest absolute Gasteiger partial charge is 0.496 e. The molecule has 1 fully saturated rings. The number of halogens is 2. The van der Waals surface area contributed by atoms with Crippen molar-refractivity contribution in [3.63, 3.8) is 0 Å². The van der Waals surface area contributed by atoms with E-state index >= 15 is 0 Å². The Balaban J connectivity index is 1.32. The Bertz CT molecular complexity index is 1470. The van der Waals surface area contributed by atoms with Crippen LogP contribution in [0.2, 0.25) is 0 Å². The molecule has 11 nitrogen and oxygen atoms in total. The summed E-state index contributed by atoms with van der Waals surface area (Å²) in [4.78, 5) is 30.1. The molecule has 2 aromatic carbocycles. The zero-order chi connectivity index (χ0) is 29.1. The number of oxazole rings is 1. The van der Waals surface area contributed by atoms with E-state index in [1.807, 2.05) is 4.90 Å². The van der Waals surface area contributed by atoms with E-state index in [1.165, 1.54) is 19.7 Å². The molecule has 1 aromatic heterocycles. The maximum atomic E-state index is 14.1. The number of carbonyl (C=O) groups is 2. The van der Waals surface area contributed by atoms with Gasteiger partial charge in [-0.2, -0.15) is 4.31 Å². The number of ether oxygens (including phenoxy) is 1. The van der Waals surface area contributed by atoms with Crippen LogP contribution in [0.25, 0.3) is 11.3 Å². The zero-order valence-corrected chi connectivity index (χ0v) is 22.9. The minimum absolute atomic E-state index is 0.00646. The number of nitrogens with zero attached hydrogens (tertiary/aromatic N) is 3. The van der Waals surface area contributed by atoms with Crippen LogP contribution in [0.15, 0.2) is 58.3 Å². The molecule has 0 unspecified atom stereocenters. The molecule has 2 amide bonds. The molecule has 1 aliphatic rings. The molecule has 0 radical (unpaired) electrons.